The first-order chi connectivity index (χ1) is 10.4. The van der Waals surface area contributed by atoms with Crippen molar-refractivity contribution in [3.05, 3.63) is 18.0 Å². The summed E-state index contributed by atoms with van der Waals surface area (Å²) in [4.78, 5) is 14.1. The van der Waals surface area contributed by atoms with Gasteiger partial charge in [0.1, 0.15) is 0 Å². The Hall–Kier alpha value is -1.20. The van der Waals surface area contributed by atoms with Gasteiger partial charge in [-0.2, -0.15) is 0 Å². The molecule has 0 spiro atoms. The number of likely N-dealkylation sites (tertiary alicyclic amines) is 1. The zero-order valence-electron chi connectivity index (χ0n) is 12.7. The van der Waals surface area contributed by atoms with Crippen LogP contribution in [0.5, 0.6) is 0 Å². The molecule has 4 rings (SSSR count). The third-order valence-corrected chi connectivity index (χ3v) is 4.97. The summed E-state index contributed by atoms with van der Waals surface area (Å²) < 4.78 is 0. The minimum atomic E-state index is 0.715. The summed E-state index contributed by atoms with van der Waals surface area (Å²) >= 11 is 0. The number of hydrogen-bond donors (Lipinski definition) is 1. The van der Waals surface area contributed by atoms with Gasteiger partial charge in [0.2, 0.25) is 5.95 Å². The van der Waals surface area contributed by atoms with E-state index in [1.54, 1.807) is 0 Å². The summed E-state index contributed by atoms with van der Waals surface area (Å²) in [7, 11) is 0. The fraction of sp³-hybridized carbons (Fsp3) is 0.750. The lowest BCUT2D eigenvalue weighted by molar-refractivity contribution is 0.260. The monoisotopic (exact) mass is 287 g/mol. The van der Waals surface area contributed by atoms with E-state index in [4.69, 9.17) is 0 Å². The molecule has 1 atom stereocenters. The van der Waals surface area contributed by atoms with Gasteiger partial charge in [0.25, 0.3) is 0 Å². The van der Waals surface area contributed by atoms with Crippen LogP contribution in [0.1, 0.15) is 37.7 Å². The number of hydrogen-bond acceptors (Lipinski definition) is 5. The largest absolute Gasteiger partial charge is 0.339 e. The number of nitrogens with zero attached hydrogens (tertiary/aromatic N) is 4. The maximum absolute atomic E-state index is 4.58. The zero-order chi connectivity index (χ0) is 14.1. The van der Waals surface area contributed by atoms with Gasteiger partial charge in [-0.1, -0.05) is 0 Å². The van der Waals surface area contributed by atoms with Crippen molar-refractivity contribution in [2.45, 2.75) is 50.7 Å². The van der Waals surface area contributed by atoms with Gasteiger partial charge in [-0.15, -0.1) is 0 Å². The Balaban J connectivity index is 1.33. The van der Waals surface area contributed by atoms with Crippen LogP contribution in [0.2, 0.25) is 0 Å². The molecular formula is C16H25N5. The molecule has 3 fully saturated rings. The molecule has 3 aliphatic rings. The van der Waals surface area contributed by atoms with Crippen molar-refractivity contribution in [3.8, 4) is 0 Å². The van der Waals surface area contributed by atoms with Crippen LogP contribution in [0.15, 0.2) is 12.4 Å². The van der Waals surface area contributed by atoms with Gasteiger partial charge in [0, 0.05) is 49.7 Å². The topological polar surface area (TPSA) is 44.3 Å². The van der Waals surface area contributed by atoms with Crippen molar-refractivity contribution >= 4 is 5.95 Å². The number of nitrogens with one attached hydrogen (secondary N) is 1. The van der Waals surface area contributed by atoms with Crippen molar-refractivity contribution in [2.24, 2.45) is 0 Å². The van der Waals surface area contributed by atoms with Gasteiger partial charge >= 0.3 is 0 Å². The smallest absolute Gasteiger partial charge is 0.225 e. The fourth-order valence-electron chi connectivity index (χ4n) is 3.48. The van der Waals surface area contributed by atoms with Crippen molar-refractivity contribution in [3.63, 3.8) is 0 Å². The molecule has 0 amide bonds. The molecule has 1 aromatic rings. The summed E-state index contributed by atoms with van der Waals surface area (Å²) in [5.74, 6) is 0.909. The minimum Gasteiger partial charge on any atom is -0.339 e. The molecule has 0 bridgehead atoms. The van der Waals surface area contributed by atoms with Gasteiger partial charge in [-0.05, 0) is 45.2 Å². The van der Waals surface area contributed by atoms with E-state index in [-0.39, 0.29) is 0 Å². The van der Waals surface area contributed by atoms with Crippen LogP contribution < -0.4 is 10.2 Å². The van der Waals surface area contributed by atoms with Gasteiger partial charge < -0.3 is 10.2 Å². The van der Waals surface area contributed by atoms with Gasteiger partial charge in [0.05, 0.1) is 0 Å². The van der Waals surface area contributed by atoms with E-state index in [1.807, 2.05) is 12.4 Å². The average Bonchev–Trinajstić information content (AvgIpc) is 3.01. The van der Waals surface area contributed by atoms with E-state index in [1.165, 1.54) is 50.8 Å². The summed E-state index contributed by atoms with van der Waals surface area (Å²) in [6.45, 7) is 5.66. The van der Waals surface area contributed by atoms with E-state index >= 15 is 0 Å². The van der Waals surface area contributed by atoms with Crippen LogP contribution in [0.3, 0.4) is 0 Å². The van der Waals surface area contributed by atoms with Crippen LogP contribution in [0.25, 0.3) is 0 Å². The van der Waals surface area contributed by atoms with Gasteiger partial charge in [-0.3, -0.25) is 4.90 Å². The molecule has 1 saturated carbocycles. The predicted molar refractivity (Wildman–Crippen MR) is 83.3 cm³/mol. The first-order valence-electron chi connectivity index (χ1n) is 8.42. The average molecular weight is 287 g/mol. The Bertz CT molecular complexity index is 464. The fourth-order valence-corrected chi connectivity index (χ4v) is 3.48. The lowest BCUT2D eigenvalue weighted by atomic mass is 10.2. The Morgan fingerprint density at radius 3 is 2.52 bits per heavy atom. The highest BCUT2D eigenvalue weighted by atomic mass is 15.3. The van der Waals surface area contributed by atoms with E-state index < -0.39 is 0 Å². The standard InChI is InChI=1S/C16H25N5/c1-2-7-20(6-1)15-5-8-21(12-15)16-18-10-13(11-19-16)9-17-14-3-4-14/h10-11,14-15,17H,1-9,12H2. The second-order valence-corrected chi connectivity index (χ2v) is 6.68. The molecule has 21 heavy (non-hydrogen) atoms. The first-order valence-corrected chi connectivity index (χ1v) is 8.42. The van der Waals surface area contributed by atoms with Crippen LogP contribution in [0.4, 0.5) is 5.95 Å². The normalized spacial score (nSPS) is 26.7. The second-order valence-electron chi connectivity index (χ2n) is 6.68. The Morgan fingerprint density at radius 2 is 1.81 bits per heavy atom. The molecular weight excluding hydrogens is 262 g/mol. The molecule has 5 heteroatoms. The Morgan fingerprint density at radius 1 is 1.05 bits per heavy atom. The maximum atomic E-state index is 4.58. The van der Waals surface area contributed by atoms with E-state index in [9.17, 15) is 0 Å². The van der Waals surface area contributed by atoms with E-state index in [2.05, 4.69) is 25.1 Å². The Kier molecular flexibility index (Phi) is 3.78. The van der Waals surface area contributed by atoms with Gasteiger partial charge in [-0.25, -0.2) is 9.97 Å². The van der Waals surface area contributed by atoms with Crippen molar-refractivity contribution in [1.29, 1.82) is 0 Å². The molecule has 3 heterocycles. The van der Waals surface area contributed by atoms with E-state index in [0.717, 1.165) is 31.6 Å². The first kappa shape index (κ1) is 13.5. The summed E-state index contributed by atoms with van der Waals surface area (Å²) in [6, 6.07) is 1.46. The van der Waals surface area contributed by atoms with Crippen LogP contribution in [0, 0.1) is 0 Å². The van der Waals surface area contributed by atoms with Crippen molar-refractivity contribution in [2.75, 3.05) is 31.1 Å². The highest BCUT2D eigenvalue weighted by Gasteiger charge is 2.30. The second kappa shape index (κ2) is 5.89. The number of rotatable bonds is 5. The SMILES string of the molecule is c1nc(N2CCC(N3CCCC3)C2)ncc1CNC1CC1. The quantitative estimate of drug-likeness (QED) is 0.887. The summed E-state index contributed by atoms with van der Waals surface area (Å²) in [5, 5.41) is 3.51. The summed E-state index contributed by atoms with van der Waals surface area (Å²) in [5.41, 5.74) is 1.20. The van der Waals surface area contributed by atoms with E-state index in [0.29, 0.717) is 6.04 Å². The minimum absolute atomic E-state index is 0.715. The molecule has 2 aliphatic heterocycles. The van der Waals surface area contributed by atoms with Crippen molar-refractivity contribution < 1.29 is 0 Å². The molecule has 1 N–H and O–H groups in total. The molecule has 5 nitrogen and oxygen atoms in total. The van der Waals surface area contributed by atoms with Crippen LogP contribution in [-0.2, 0) is 6.54 Å². The highest BCUT2D eigenvalue weighted by Crippen LogP contribution is 2.23. The van der Waals surface area contributed by atoms with Crippen LogP contribution >= 0.6 is 0 Å². The lowest BCUT2D eigenvalue weighted by Gasteiger charge is -2.23. The molecule has 0 radical (unpaired) electrons. The third kappa shape index (κ3) is 3.19. The zero-order valence-corrected chi connectivity index (χ0v) is 12.7. The number of anilines is 1. The Labute approximate surface area is 126 Å². The molecule has 0 aromatic carbocycles. The molecule has 1 aromatic heterocycles. The predicted octanol–water partition coefficient (Wildman–Crippen LogP) is 1.40. The molecule has 2 saturated heterocycles. The highest BCUT2D eigenvalue weighted by molar-refractivity contribution is 5.32. The molecule has 1 unspecified atom stereocenters. The molecule has 1 aliphatic carbocycles. The third-order valence-electron chi connectivity index (χ3n) is 4.97. The van der Waals surface area contributed by atoms with Crippen molar-refractivity contribution in [1.82, 2.24) is 20.2 Å². The number of aromatic nitrogens is 2. The van der Waals surface area contributed by atoms with Gasteiger partial charge in [0.15, 0.2) is 0 Å². The maximum Gasteiger partial charge on any atom is 0.225 e. The molecule has 114 valence electrons. The summed E-state index contributed by atoms with van der Waals surface area (Å²) in [6.07, 6.45) is 10.6. The van der Waals surface area contributed by atoms with Crippen LogP contribution in [-0.4, -0.2) is 53.1 Å². The lowest BCUT2D eigenvalue weighted by Crippen LogP contribution is -2.35.